The molecule has 6 N–H and O–H groups in total. The Labute approximate surface area is 300 Å². The summed E-state index contributed by atoms with van der Waals surface area (Å²) in [6.45, 7) is 0.249. The number of rotatable bonds is 8. The monoisotopic (exact) mass is 751 g/mol. The number of alkyl halides is 3. The number of benzene rings is 4. The van der Waals surface area contributed by atoms with Gasteiger partial charge in [0, 0.05) is 41.5 Å². The van der Waals surface area contributed by atoms with Crippen molar-refractivity contribution in [2.45, 2.75) is 24.0 Å². The number of hydrogen-bond donors (Lipinski definition) is 4. The number of carbonyl (C=O) groups is 4. The minimum absolute atomic E-state index is 0.155. The number of aliphatic carboxylic acids is 2. The van der Waals surface area contributed by atoms with Gasteiger partial charge in [-0.05, 0) is 66.1 Å². The highest BCUT2D eigenvalue weighted by Crippen LogP contribution is 2.35. The maximum absolute atomic E-state index is 13.3. The fourth-order valence-corrected chi connectivity index (χ4v) is 6.82. The molecule has 0 aliphatic carbocycles. The maximum Gasteiger partial charge on any atom is 0.490 e. The molecule has 0 spiro atoms. The zero-order valence-electron chi connectivity index (χ0n) is 27.6. The van der Waals surface area contributed by atoms with Gasteiger partial charge in [-0.3, -0.25) is 28.6 Å². The van der Waals surface area contributed by atoms with Crippen LogP contribution in [-0.4, -0.2) is 66.6 Å². The molecule has 0 saturated heterocycles. The third-order valence-corrected chi connectivity index (χ3v) is 9.49. The van der Waals surface area contributed by atoms with Gasteiger partial charge in [0.05, 0.1) is 11.2 Å². The first-order valence-electron chi connectivity index (χ1n) is 15.5. The van der Waals surface area contributed by atoms with Crippen molar-refractivity contribution in [3.8, 4) is 0 Å². The van der Waals surface area contributed by atoms with Crippen LogP contribution in [0, 0.1) is 0 Å². The van der Waals surface area contributed by atoms with Crippen molar-refractivity contribution < 1.29 is 51.0 Å². The number of anilines is 2. The van der Waals surface area contributed by atoms with Gasteiger partial charge in [-0.25, -0.2) is 13.2 Å². The zero-order chi connectivity index (χ0) is 38.9. The number of nitrogens with two attached hydrogens (primary N) is 2. The van der Waals surface area contributed by atoms with E-state index in [1.807, 2.05) is 18.2 Å². The topological polar surface area (TPSA) is 214 Å². The lowest BCUT2D eigenvalue weighted by molar-refractivity contribution is -0.192. The molecule has 0 radical (unpaired) electrons. The number of para-hydroxylation sites is 1. The molecule has 4 aromatic carbocycles. The first-order chi connectivity index (χ1) is 25.0. The van der Waals surface area contributed by atoms with Crippen LogP contribution in [0.3, 0.4) is 0 Å². The van der Waals surface area contributed by atoms with Gasteiger partial charge in [0.1, 0.15) is 11.4 Å². The van der Waals surface area contributed by atoms with Crippen molar-refractivity contribution >= 4 is 56.1 Å². The number of pyridine rings is 1. The van der Waals surface area contributed by atoms with Gasteiger partial charge in [0.25, 0.3) is 15.9 Å². The SMILES string of the molecule is NC(=O)c1ccc2c(c1)N(S(=O)(=O)c1cccc3cccnc13)CC2.NCc1cccc(N(CC(=O)O)C(=O)c2ccccc2)c1.O=C(O)C(F)(F)F. The normalized spacial score (nSPS) is 12.0. The zero-order valence-corrected chi connectivity index (χ0v) is 28.4. The van der Waals surface area contributed by atoms with Crippen LogP contribution < -0.4 is 20.7 Å². The molecule has 1 aromatic heterocycles. The van der Waals surface area contributed by atoms with Crippen LogP contribution in [0.5, 0.6) is 0 Å². The van der Waals surface area contributed by atoms with Crippen molar-refractivity contribution in [3.05, 3.63) is 132 Å². The first-order valence-corrected chi connectivity index (χ1v) is 17.0. The number of halogens is 3. The summed E-state index contributed by atoms with van der Waals surface area (Å²) in [4.78, 5) is 49.5. The highest BCUT2D eigenvalue weighted by molar-refractivity contribution is 7.93. The molecule has 0 fully saturated rings. The van der Waals surface area contributed by atoms with Crippen LogP contribution >= 0.6 is 0 Å². The molecule has 6 rings (SSSR count). The number of hydrogen-bond acceptors (Lipinski definition) is 8. The summed E-state index contributed by atoms with van der Waals surface area (Å²) in [5.41, 5.74) is 14.8. The molecule has 276 valence electrons. The van der Waals surface area contributed by atoms with E-state index in [1.165, 1.54) is 9.21 Å². The van der Waals surface area contributed by atoms with Crippen molar-refractivity contribution in [3.63, 3.8) is 0 Å². The van der Waals surface area contributed by atoms with Gasteiger partial charge < -0.3 is 21.7 Å². The average molecular weight is 752 g/mol. The molecule has 0 atom stereocenters. The Kier molecular flexibility index (Phi) is 12.5. The number of primary amides is 1. The lowest BCUT2D eigenvalue weighted by Crippen LogP contribution is -2.35. The van der Waals surface area contributed by atoms with Crippen molar-refractivity contribution in [1.29, 1.82) is 0 Å². The second-order valence-electron chi connectivity index (χ2n) is 11.2. The number of amides is 2. The van der Waals surface area contributed by atoms with Gasteiger partial charge in [0.2, 0.25) is 5.91 Å². The summed E-state index contributed by atoms with van der Waals surface area (Å²) in [7, 11) is -3.80. The number of fused-ring (bicyclic) bond motifs is 2. The van der Waals surface area contributed by atoms with Crippen LogP contribution in [-0.2, 0) is 32.6 Å². The number of sulfonamides is 1. The van der Waals surface area contributed by atoms with Crippen LogP contribution in [0.4, 0.5) is 24.5 Å². The van der Waals surface area contributed by atoms with E-state index in [1.54, 1.807) is 91.1 Å². The van der Waals surface area contributed by atoms with Gasteiger partial charge >= 0.3 is 18.1 Å². The van der Waals surface area contributed by atoms with E-state index < -0.39 is 40.6 Å². The predicted molar refractivity (Wildman–Crippen MR) is 189 cm³/mol. The van der Waals surface area contributed by atoms with Crippen LogP contribution in [0.15, 0.2) is 114 Å². The van der Waals surface area contributed by atoms with Gasteiger partial charge in [-0.2, -0.15) is 13.2 Å². The van der Waals surface area contributed by atoms with Crippen molar-refractivity contribution in [1.82, 2.24) is 4.98 Å². The van der Waals surface area contributed by atoms with Crippen LogP contribution in [0.2, 0.25) is 0 Å². The molecular weight excluding hydrogens is 719 g/mol. The number of carbonyl (C=O) groups excluding carboxylic acids is 2. The maximum atomic E-state index is 13.3. The minimum Gasteiger partial charge on any atom is -0.480 e. The molecular formula is C36H32F3N5O8S. The molecule has 1 aliphatic heterocycles. The van der Waals surface area contributed by atoms with Gasteiger partial charge in [-0.1, -0.05) is 54.6 Å². The fourth-order valence-electron chi connectivity index (χ4n) is 5.16. The summed E-state index contributed by atoms with van der Waals surface area (Å²) in [6, 6.07) is 29.2. The highest BCUT2D eigenvalue weighted by Gasteiger charge is 2.38. The Morgan fingerprint density at radius 2 is 1.51 bits per heavy atom. The van der Waals surface area contributed by atoms with Crippen molar-refractivity contribution in [2.24, 2.45) is 11.5 Å². The Balaban J connectivity index is 0.000000204. The van der Waals surface area contributed by atoms with Crippen LogP contribution in [0.25, 0.3) is 10.9 Å². The lowest BCUT2D eigenvalue weighted by atomic mass is 10.1. The predicted octanol–water partition coefficient (Wildman–Crippen LogP) is 4.60. The van der Waals surface area contributed by atoms with Crippen molar-refractivity contribution in [2.75, 3.05) is 22.3 Å². The number of carboxylic acid groups (broad SMARTS) is 2. The average Bonchev–Trinajstić information content (AvgIpc) is 3.58. The first kappa shape index (κ1) is 39.5. The molecule has 0 bridgehead atoms. The third kappa shape index (κ3) is 9.72. The Morgan fingerprint density at radius 3 is 2.13 bits per heavy atom. The smallest absolute Gasteiger partial charge is 0.480 e. The number of carboxylic acids is 2. The van der Waals surface area contributed by atoms with E-state index in [4.69, 9.17) is 26.5 Å². The summed E-state index contributed by atoms with van der Waals surface area (Å²) in [6.07, 6.45) is -2.92. The quantitative estimate of drug-likeness (QED) is 0.173. The molecule has 1 aliphatic rings. The van der Waals surface area contributed by atoms with Gasteiger partial charge in [-0.15, -0.1) is 0 Å². The molecule has 2 amide bonds. The summed E-state index contributed by atoms with van der Waals surface area (Å²) in [5.74, 6) is -4.77. The van der Waals surface area contributed by atoms with E-state index in [0.717, 1.165) is 16.5 Å². The largest absolute Gasteiger partial charge is 0.490 e. The second kappa shape index (κ2) is 16.8. The Hall–Kier alpha value is -6.33. The molecule has 0 saturated carbocycles. The lowest BCUT2D eigenvalue weighted by Gasteiger charge is -2.21. The summed E-state index contributed by atoms with van der Waals surface area (Å²) in [5, 5.41) is 16.9. The molecule has 5 aromatic rings. The molecule has 2 heterocycles. The molecule has 17 heteroatoms. The molecule has 13 nitrogen and oxygen atoms in total. The van der Waals surface area contributed by atoms with Gasteiger partial charge in [0.15, 0.2) is 0 Å². The second-order valence-corrected chi connectivity index (χ2v) is 13.0. The Morgan fingerprint density at radius 1 is 0.849 bits per heavy atom. The summed E-state index contributed by atoms with van der Waals surface area (Å²) >= 11 is 0. The van der Waals surface area contributed by atoms with E-state index in [0.29, 0.717) is 42.0 Å². The van der Waals surface area contributed by atoms with Crippen LogP contribution in [0.1, 0.15) is 31.8 Å². The number of nitrogens with zero attached hydrogens (tertiary/aromatic N) is 3. The van der Waals surface area contributed by atoms with E-state index in [9.17, 15) is 36.0 Å². The van der Waals surface area contributed by atoms with E-state index >= 15 is 0 Å². The Bertz CT molecular complexity index is 2250. The molecule has 0 unspecified atom stereocenters. The standard InChI is InChI=1S/C18H15N3O3S.C16H16N2O3.C2HF3O2/c19-18(22)14-7-6-12-8-10-21(15(12)11-14)25(23,24)16-5-1-3-13-4-2-9-20-17(13)16;17-10-12-5-4-8-14(9-12)18(11-15(19)20)16(21)13-6-2-1-3-7-13;3-2(4,5)1(6)7/h1-7,9,11H,8,10H2,(H2,19,22);1-9H,10-11,17H2,(H,19,20);(H,6,7). The minimum atomic E-state index is -5.08. The third-order valence-electron chi connectivity index (χ3n) is 7.65. The molecule has 53 heavy (non-hydrogen) atoms. The highest BCUT2D eigenvalue weighted by atomic mass is 32.2. The fraction of sp³-hybridized carbons (Fsp3) is 0.139. The summed E-state index contributed by atoms with van der Waals surface area (Å²) < 4.78 is 59.6. The van der Waals surface area contributed by atoms with E-state index in [2.05, 4.69) is 4.98 Å². The number of aromatic nitrogens is 1. The van der Waals surface area contributed by atoms with E-state index in [-0.39, 0.29) is 16.4 Å².